The number of methoxy groups -OCH3 is 6. The lowest BCUT2D eigenvalue weighted by Crippen LogP contribution is -2.13. The number of nitrogens with one attached hydrogen (secondary N) is 2. The van der Waals surface area contributed by atoms with E-state index in [1.165, 1.54) is 115 Å². The Bertz CT molecular complexity index is 2690. The number of ether oxygens (including phenoxy) is 8. The van der Waals surface area contributed by atoms with Crippen molar-refractivity contribution in [3.05, 3.63) is 143 Å². The second kappa shape index (κ2) is 19.8. The van der Waals surface area contributed by atoms with Crippen LogP contribution in [0.1, 0.15) is 57.4 Å². The van der Waals surface area contributed by atoms with Crippen molar-refractivity contribution in [3.63, 3.8) is 0 Å². The predicted octanol–water partition coefficient (Wildman–Crippen LogP) is 8.47. The fourth-order valence-electron chi connectivity index (χ4n) is 6.47. The molecule has 63 heavy (non-hydrogen) atoms. The van der Waals surface area contributed by atoms with Crippen molar-refractivity contribution >= 4 is 41.4 Å². The third-order valence-corrected chi connectivity index (χ3v) is 9.72. The number of aldehydes is 1. The van der Waals surface area contributed by atoms with Crippen LogP contribution in [-0.2, 0) is 0 Å². The highest BCUT2D eigenvalue weighted by Crippen LogP contribution is 2.37. The van der Waals surface area contributed by atoms with E-state index in [4.69, 9.17) is 37.9 Å². The van der Waals surface area contributed by atoms with Crippen LogP contribution in [0.25, 0.3) is 11.1 Å². The van der Waals surface area contributed by atoms with Crippen LogP contribution in [0, 0.1) is 6.92 Å². The summed E-state index contributed by atoms with van der Waals surface area (Å²) < 4.78 is 43.1. The highest BCUT2D eigenvalue weighted by Gasteiger charge is 2.22. The molecule has 0 saturated carbocycles. The first-order chi connectivity index (χ1) is 30.4. The minimum Gasteiger partial charge on any atom is -0.496 e. The number of aryl methyl sites for hydroxylation is 1. The molecule has 0 saturated heterocycles. The Balaban J connectivity index is 1.07. The van der Waals surface area contributed by atoms with Crippen molar-refractivity contribution in [2.75, 3.05) is 53.3 Å². The Morgan fingerprint density at radius 3 is 1.35 bits per heavy atom. The van der Waals surface area contributed by atoms with Gasteiger partial charge in [0.05, 0.1) is 48.2 Å². The smallest absolute Gasteiger partial charge is 0.347 e. The maximum absolute atomic E-state index is 13.2. The quantitative estimate of drug-likeness (QED) is 0.0538. The molecular formula is C48H42N2O13. The fourth-order valence-corrected chi connectivity index (χ4v) is 6.47. The molecule has 0 fully saturated rings. The standard InChI is InChI=1S/C48H42N2O13/c1-27-20-31(49-45(52)28-8-14-33(15-9-28)62-47(54)37-23-42(59-5)41(58-4)21-30(37)26-51)12-18-35(27)36-19-13-32(22-39(36)56-2)50-46(53)29-10-16-34(17-11-29)63-48(55)38-24-43(60-6)44(61-7)25-40(38)57-3/h8-26H,1-7H3,(H,49,52)(H,50,53). The average molecular weight is 855 g/mol. The topological polar surface area (TPSA) is 183 Å². The van der Waals surface area contributed by atoms with Crippen molar-refractivity contribution in [2.45, 2.75) is 6.92 Å². The molecule has 6 aromatic rings. The molecule has 2 N–H and O–H groups in total. The molecule has 0 atom stereocenters. The predicted molar refractivity (Wildman–Crippen MR) is 233 cm³/mol. The van der Waals surface area contributed by atoms with Gasteiger partial charge in [-0.1, -0.05) is 6.07 Å². The van der Waals surface area contributed by atoms with E-state index in [1.807, 2.05) is 25.1 Å². The van der Waals surface area contributed by atoms with Gasteiger partial charge in [0, 0.05) is 51.8 Å². The number of esters is 2. The molecule has 0 aliphatic heterocycles. The van der Waals surface area contributed by atoms with E-state index < -0.39 is 23.8 Å². The van der Waals surface area contributed by atoms with Gasteiger partial charge in [-0.15, -0.1) is 0 Å². The summed E-state index contributed by atoms with van der Waals surface area (Å²) in [4.78, 5) is 64.0. The van der Waals surface area contributed by atoms with Gasteiger partial charge in [-0.25, -0.2) is 9.59 Å². The SMILES string of the molecule is COc1cc(C=O)c(C(=O)Oc2ccc(C(=O)Nc3ccc(-c4ccc(NC(=O)c5ccc(OC(=O)c6cc(OC)c(OC)cc6OC)cc5)cc4OC)c(C)c3)cc2)cc1OC. The first kappa shape index (κ1) is 44.2. The van der Waals surface area contributed by atoms with Gasteiger partial charge >= 0.3 is 11.9 Å². The number of benzene rings is 6. The summed E-state index contributed by atoms with van der Waals surface area (Å²) >= 11 is 0. The highest BCUT2D eigenvalue weighted by atomic mass is 16.5. The monoisotopic (exact) mass is 854 g/mol. The van der Waals surface area contributed by atoms with Crippen molar-refractivity contribution in [1.82, 2.24) is 0 Å². The highest BCUT2D eigenvalue weighted by molar-refractivity contribution is 6.06. The molecular weight excluding hydrogens is 813 g/mol. The Morgan fingerprint density at radius 1 is 0.444 bits per heavy atom. The molecule has 322 valence electrons. The second-order valence-electron chi connectivity index (χ2n) is 13.5. The third kappa shape index (κ3) is 10.0. The first-order valence-electron chi connectivity index (χ1n) is 19.0. The lowest BCUT2D eigenvalue weighted by molar-refractivity contribution is 0.0722. The summed E-state index contributed by atoms with van der Waals surface area (Å²) in [7, 11) is 8.69. The van der Waals surface area contributed by atoms with E-state index in [9.17, 15) is 24.0 Å². The molecule has 0 aliphatic rings. The van der Waals surface area contributed by atoms with Gasteiger partial charge in [0.2, 0.25) is 0 Å². The van der Waals surface area contributed by atoms with E-state index in [0.717, 1.165) is 16.7 Å². The van der Waals surface area contributed by atoms with Crippen LogP contribution in [0.5, 0.6) is 46.0 Å². The zero-order valence-electron chi connectivity index (χ0n) is 35.3. The lowest BCUT2D eigenvalue weighted by atomic mass is 9.98. The van der Waals surface area contributed by atoms with Gasteiger partial charge in [0.15, 0.2) is 29.3 Å². The molecule has 6 aromatic carbocycles. The second-order valence-corrected chi connectivity index (χ2v) is 13.5. The average Bonchev–Trinajstić information content (AvgIpc) is 3.30. The molecule has 2 amide bonds. The van der Waals surface area contributed by atoms with Crippen molar-refractivity contribution in [1.29, 1.82) is 0 Å². The zero-order valence-corrected chi connectivity index (χ0v) is 35.3. The molecule has 0 radical (unpaired) electrons. The zero-order chi connectivity index (χ0) is 45.2. The maximum Gasteiger partial charge on any atom is 0.347 e. The number of carbonyl (C=O) groups excluding carboxylic acids is 5. The Hall–Kier alpha value is -8.33. The molecule has 0 aliphatic carbocycles. The van der Waals surface area contributed by atoms with E-state index in [-0.39, 0.29) is 45.4 Å². The molecule has 0 aromatic heterocycles. The van der Waals surface area contributed by atoms with E-state index in [1.54, 1.807) is 18.2 Å². The minimum atomic E-state index is -0.790. The van der Waals surface area contributed by atoms with Crippen LogP contribution in [-0.4, -0.2) is 72.7 Å². The van der Waals surface area contributed by atoms with Crippen LogP contribution in [0.2, 0.25) is 0 Å². The molecule has 0 unspecified atom stereocenters. The largest absolute Gasteiger partial charge is 0.496 e. The van der Waals surface area contributed by atoms with Gasteiger partial charge in [0.1, 0.15) is 28.6 Å². The van der Waals surface area contributed by atoms with Crippen LogP contribution in [0.15, 0.2) is 109 Å². The summed E-state index contributed by atoms with van der Waals surface area (Å²) in [6.45, 7) is 1.89. The third-order valence-electron chi connectivity index (χ3n) is 9.72. The van der Waals surface area contributed by atoms with Crippen LogP contribution < -0.4 is 48.5 Å². The number of carbonyl (C=O) groups is 5. The molecule has 0 spiro atoms. The number of hydrogen-bond donors (Lipinski definition) is 2. The van der Waals surface area contributed by atoms with Gasteiger partial charge in [-0.2, -0.15) is 0 Å². The van der Waals surface area contributed by atoms with Crippen molar-refractivity contribution in [3.8, 4) is 57.1 Å². The summed E-state index contributed by atoms with van der Waals surface area (Å²) in [5.41, 5.74) is 4.23. The Kier molecular flexibility index (Phi) is 13.9. The number of anilines is 2. The summed E-state index contributed by atoms with van der Waals surface area (Å²) in [5.74, 6) is 0.0716. The van der Waals surface area contributed by atoms with E-state index >= 15 is 0 Å². The number of rotatable bonds is 16. The first-order valence-corrected chi connectivity index (χ1v) is 19.0. The molecule has 6 rings (SSSR count). The van der Waals surface area contributed by atoms with E-state index in [2.05, 4.69) is 10.6 Å². The minimum absolute atomic E-state index is 0.0128. The van der Waals surface area contributed by atoms with Gasteiger partial charge in [0.25, 0.3) is 11.8 Å². The van der Waals surface area contributed by atoms with Crippen LogP contribution in [0.3, 0.4) is 0 Å². The maximum atomic E-state index is 13.2. The van der Waals surface area contributed by atoms with Gasteiger partial charge in [-0.05, 0) is 103 Å². The van der Waals surface area contributed by atoms with Crippen LogP contribution in [0.4, 0.5) is 11.4 Å². The lowest BCUT2D eigenvalue weighted by Gasteiger charge is -2.15. The normalized spacial score (nSPS) is 10.5. The fraction of sp³-hybridized carbons (Fsp3) is 0.146. The molecule has 0 bridgehead atoms. The molecule has 15 nitrogen and oxygen atoms in total. The number of hydrogen-bond acceptors (Lipinski definition) is 13. The Labute approximate surface area is 362 Å². The summed E-state index contributed by atoms with van der Waals surface area (Å²) in [6, 6.07) is 28.4. The van der Waals surface area contributed by atoms with Crippen LogP contribution >= 0.6 is 0 Å². The molecule has 0 heterocycles. The van der Waals surface area contributed by atoms with Gasteiger partial charge < -0.3 is 48.5 Å². The Morgan fingerprint density at radius 2 is 0.873 bits per heavy atom. The van der Waals surface area contributed by atoms with Gasteiger partial charge in [-0.3, -0.25) is 14.4 Å². The number of amides is 2. The molecule has 15 heteroatoms. The van der Waals surface area contributed by atoms with E-state index in [0.29, 0.717) is 46.0 Å². The van der Waals surface area contributed by atoms with Crippen molar-refractivity contribution in [2.24, 2.45) is 0 Å². The summed E-state index contributed by atoms with van der Waals surface area (Å²) in [6.07, 6.45) is 0.518. The van der Waals surface area contributed by atoms with Crippen molar-refractivity contribution < 1.29 is 61.9 Å². The summed E-state index contributed by atoms with van der Waals surface area (Å²) in [5, 5.41) is 5.75.